The number of hydrogen-bond acceptors (Lipinski definition) is 3. The molecule has 0 spiro atoms. The minimum atomic E-state index is -1.75. The minimum Gasteiger partial charge on any atom is -0.512 e. The van der Waals surface area contributed by atoms with Gasteiger partial charge in [-0.3, -0.25) is 0 Å². The molecule has 0 heterocycles. The molecule has 0 fully saturated rings. The summed E-state index contributed by atoms with van der Waals surface area (Å²) in [6.45, 7) is 3.95. The molecule has 1 aromatic rings. The Morgan fingerprint density at radius 3 is 2.67 bits per heavy atom. The molecule has 4 heteroatoms. The summed E-state index contributed by atoms with van der Waals surface area (Å²) in [5.41, 5.74) is 4.30. The molecule has 0 saturated heterocycles. The summed E-state index contributed by atoms with van der Waals surface area (Å²) in [6, 6.07) is 1.99. The monoisotopic (exact) mass is 204 g/mol. The molecule has 0 bridgehead atoms. The quantitative estimate of drug-likeness (QED) is 0.712. The fourth-order valence-electron chi connectivity index (χ4n) is 2.07. The molecule has 2 N–H and O–H groups in total. The van der Waals surface area contributed by atoms with Gasteiger partial charge in [0.15, 0.2) is 0 Å². The van der Waals surface area contributed by atoms with E-state index in [1.165, 1.54) is 5.56 Å². The van der Waals surface area contributed by atoms with Gasteiger partial charge in [0.2, 0.25) is 0 Å². The summed E-state index contributed by atoms with van der Waals surface area (Å²) in [6.07, 6.45) is 4.88. The first-order valence-electron chi connectivity index (χ1n) is 4.92. The summed E-state index contributed by atoms with van der Waals surface area (Å²) in [5, 5.41) is 17.7. The maximum atomic E-state index is 8.84. The summed E-state index contributed by atoms with van der Waals surface area (Å²) in [7, 11) is -1.75. The van der Waals surface area contributed by atoms with Crippen LogP contribution < -0.4 is 4.65 Å². The normalized spacial score (nSPS) is 12.8. The van der Waals surface area contributed by atoms with Crippen molar-refractivity contribution in [2.75, 3.05) is 0 Å². The number of fused-ring (bicyclic) bond motifs is 1. The van der Waals surface area contributed by atoms with Crippen molar-refractivity contribution in [3.8, 4) is 5.75 Å². The fraction of sp³-hybridized carbons (Fsp3) is 0.273. The lowest BCUT2D eigenvalue weighted by Gasteiger charge is -2.15. The third-order valence-electron chi connectivity index (χ3n) is 2.64. The van der Waals surface area contributed by atoms with Crippen LogP contribution in [0.4, 0.5) is 0 Å². The molecule has 1 aromatic carbocycles. The van der Waals surface area contributed by atoms with Crippen LogP contribution in [0, 0.1) is 13.8 Å². The number of hydrogen-bond donors (Lipinski definition) is 2. The van der Waals surface area contributed by atoms with Crippen LogP contribution in [0.15, 0.2) is 12.1 Å². The van der Waals surface area contributed by atoms with Crippen molar-refractivity contribution in [1.29, 1.82) is 0 Å². The van der Waals surface area contributed by atoms with E-state index >= 15 is 0 Å². The highest BCUT2D eigenvalue weighted by atomic mass is 16.6. The zero-order valence-electron chi connectivity index (χ0n) is 8.82. The maximum Gasteiger partial charge on any atom is 0.707 e. The lowest BCUT2D eigenvalue weighted by Crippen LogP contribution is -2.22. The van der Waals surface area contributed by atoms with Crippen molar-refractivity contribution in [2.24, 2.45) is 0 Å². The van der Waals surface area contributed by atoms with Crippen molar-refractivity contribution in [3.05, 3.63) is 34.4 Å². The van der Waals surface area contributed by atoms with Crippen LogP contribution in [0.5, 0.6) is 5.75 Å². The van der Waals surface area contributed by atoms with E-state index in [4.69, 9.17) is 14.7 Å². The van der Waals surface area contributed by atoms with Crippen molar-refractivity contribution in [3.63, 3.8) is 0 Å². The van der Waals surface area contributed by atoms with Crippen LogP contribution in [0.2, 0.25) is 0 Å². The smallest absolute Gasteiger partial charge is 0.512 e. The minimum absolute atomic E-state index is 0.593. The molecule has 2 rings (SSSR count). The van der Waals surface area contributed by atoms with Gasteiger partial charge in [-0.25, -0.2) is 0 Å². The molecular formula is C11H13BO3. The van der Waals surface area contributed by atoms with Gasteiger partial charge in [0.25, 0.3) is 0 Å². The predicted octanol–water partition coefficient (Wildman–Crippen LogP) is 1.22. The first kappa shape index (κ1) is 10.3. The van der Waals surface area contributed by atoms with Crippen molar-refractivity contribution in [1.82, 2.24) is 0 Å². The van der Waals surface area contributed by atoms with E-state index < -0.39 is 7.32 Å². The first-order chi connectivity index (χ1) is 7.09. The molecule has 0 saturated carbocycles. The molecule has 0 radical (unpaired) electrons. The van der Waals surface area contributed by atoms with E-state index in [-0.39, 0.29) is 0 Å². The molecule has 15 heavy (non-hydrogen) atoms. The Labute approximate surface area is 89.2 Å². The Morgan fingerprint density at radius 1 is 1.27 bits per heavy atom. The fourth-order valence-corrected chi connectivity index (χ4v) is 2.07. The average molecular weight is 204 g/mol. The lowest BCUT2D eigenvalue weighted by atomic mass is 9.99. The van der Waals surface area contributed by atoms with Gasteiger partial charge >= 0.3 is 7.32 Å². The Hall–Kier alpha value is -1.26. The molecule has 3 nitrogen and oxygen atoms in total. The van der Waals surface area contributed by atoms with Crippen LogP contribution >= 0.6 is 0 Å². The van der Waals surface area contributed by atoms with Crippen LogP contribution in [-0.4, -0.2) is 17.4 Å². The zero-order valence-corrected chi connectivity index (χ0v) is 8.82. The Bertz CT molecular complexity index is 424. The van der Waals surface area contributed by atoms with E-state index in [9.17, 15) is 0 Å². The summed E-state index contributed by atoms with van der Waals surface area (Å²) in [4.78, 5) is 0. The second kappa shape index (κ2) is 3.72. The molecule has 0 amide bonds. The third kappa shape index (κ3) is 1.78. The molecular weight excluding hydrogens is 191 g/mol. The summed E-state index contributed by atoms with van der Waals surface area (Å²) < 4.78 is 5.01. The second-order valence-electron chi connectivity index (χ2n) is 3.78. The van der Waals surface area contributed by atoms with Gasteiger partial charge in [-0.1, -0.05) is 18.2 Å². The first-order valence-corrected chi connectivity index (χ1v) is 4.92. The standard InChI is InChI=1S/C11H13BO3/c1-7-6-8(2)11(15-12(13)14)10-5-3-4-9(7)10/h3-4,6,13-14H,5H2,1-2H3. The zero-order chi connectivity index (χ0) is 11.0. The summed E-state index contributed by atoms with van der Waals surface area (Å²) >= 11 is 0. The van der Waals surface area contributed by atoms with E-state index in [0.717, 1.165) is 23.1 Å². The van der Waals surface area contributed by atoms with Gasteiger partial charge in [0.1, 0.15) is 5.75 Å². The van der Waals surface area contributed by atoms with Gasteiger partial charge < -0.3 is 14.7 Å². The van der Waals surface area contributed by atoms with Gasteiger partial charge in [-0.15, -0.1) is 0 Å². The second-order valence-corrected chi connectivity index (χ2v) is 3.78. The Balaban J connectivity index is 2.52. The number of aryl methyl sites for hydroxylation is 2. The van der Waals surface area contributed by atoms with Crippen LogP contribution in [-0.2, 0) is 6.42 Å². The van der Waals surface area contributed by atoms with Crippen molar-refractivity contribution >= 4 is 13.4 Å². The average Bonchev–Trinajstić information content (AvgIpc) is 2.60. The van der Waals surface area contributed by atoms with Gasteiger partial charge in [0.05, 0.1) is 0 Å². The molecule has 78 valence electrons. The van der Waals surface area contributed by atoms with E-state index in [1.54, 1.807) is 0 Å². The highest BCUT2D eigenvalue weighted by Crippen LogP contribution is 2.34. The topological polar surface area (TPSA) is 49.7 Å². The molecule has 1 aliphatic rings. The van der Waals surface area contributed by atoms with Crippen LogP contribution in [0.1, 0.15) is 22.3 Å². The van der Waals surface area contributed by atoms with Crippen LogP contribution in [0.25, 0.3) is 6.08 Å². The molecule has 0 aromatic heterocycles. The van der Waals surface area contributed by atoms with Crippen molar-refractivity contribution < 1.29 is 14.7 Å². The van der Waals surface area contributed by atoms with E-state index in [2.05, 4.69) is 0 Å². The van der Waals surface area contributed by atoms with Gasteiger partial charge in [-0.05, 0) is 37.0 Å². The molecule has 1 aliphatic carbocycles. The third-order valence-corrected chi connectivity index (χ3v) is 2.64. The molecule has 0 unspecified atom stereocenters. The summed E-state index contributed by atoms with van der Waals surface area (Å²) in [5.74, 6) is 0.593. The SMILES string of the molecule is Cc1cc(C)c(OB(O)O)c2c1C=CC2. The number of allylic oxidation sites excluding steroid dienone is 1. The number of benzene rings is 1. The lowest BCUT2D eigenvalue weighted by molar-refractivity contribution is 0.286. The predicted molar refractivity (Wildman–Crippen MR) is 59.5 cm³/mol. The van der Waals surface area contributed by atoms with Gasteiger partial charge in [-0.2, -0.15) is 0 Å². The highest BCUT2D eigenvalue weighted by molar-refractivity contribution is 6.33. The van der Waals surface area contributed by atoms with Gasteiger partial charge in [0, 0.05) is 5.56 Å². The van der Waals surface area contributed by atoms with E-state index in [1.807, 2.05) is 32.1 Å². The highest BCUT2D eigenvalue weighted by Gasteiger charge is 2.20. The maximum absolute atomic E-state index is 8.84. The largest absolute Gasteiger partial charge is 0.707 e. The Kier molecular flexibility index (Phi) is 2.55. The molecule has 0 atom stereocenters. The van der Waals surface area contributed by atoms with E-state index in [0.29, 0.717) is 5.75 Å². The van der Waals surface area contributed by atoms with Crippen molar-refractivity contribution in [2.45, 2.75) is 20.3 Å². The Morgan fingerprint density at radius 2 is 2.00 bits per heavy atom. The van der Waals surface area contributed by atoms with Crippen LogP contribution in [0.3, 0.4) is 0 Å². The number of rotatable bonds is 2. The molecule has 0 aliphatic heterocycles.